The van der Waals surface area contributed by atoms with Crippen LogP contribution in [0.25, 0.3) is 0 Å². The van der Waals surface area contributed by atoms with Crippen LogP contribution in [0.4, 0.5) is 10.5 Å². The van der Waals surface area contributed by atoms with E-state index in [9.17, 15) is 9.90 Å². The molecule has 5 nitrogen and oxygen atoms in total. The van der Waals surface area contributed by atoms with Crippen molar-refractivity contribution in [3.05, 3.63) is 23.8 Å². The van der Waals surface area contributed by atoms with Gasteiger partial charge in [-0.1, -0.05) is 6.07 Å². The Bertz CT molecular complexity index is 463. The van der Waals surface area contributed by atoms with E-state index in [-0.39, 0.29) is 0 Å². The highest BCUT2D eigenvalue weighted by molar-refractivity contribution is 5.86. The summed E-state index contributed by atoms with van der Waals surface area (Å²) in [4.78, 5) is 11.8. The Labute approximate surface area is 119 Å². The van der Waals surface area contributed by atoms with Crippen LogP contribution in [0.1, 0.15) is 33.3 Å². The van der Waals surface area contributed by atoms with Crippen LogP contribution >= 0.6 is 0 Å². The highest BCUT2D eigenvalue weighted by Crippen LogP contribution is 2.24. The second kappa shape index (κ2) is 6.61. The highest BCUT2D eigenvalue weighted by Gasteiger charge is 2.18. The van der Waals surface area contributed by atoms with Gasteiger partial charge in [0.2, 0.25) is 0 Å². The zero-order valence-corrected chi connectivity index (χ0v) is 12.7. The molecule has 0 spiro atoms. The summed E-state index contributed by atoms with van der Waals surface area (Å²) >= 11 is 0. The normalized spacial score (nSPS) is 12.7. The monoisotopic (exact) mass is 281 g/mol. The van der Waals surface area contributed by atoms with Crippen molar-refractivity contribution in [2.45, 2.75) is 45.8 Å². The fourth-order valence-electron chi connectivity index (χ4n) is 1.71. The first kappa shape index (κ1) is 16.3. The van der Waals surface area contributed by atoms with Crippen LogP contribution in [0.5, 0.6) is 5.75 Å². The topological polar surface area (TPSA) is 67.8 Å². The third-order valence-corrected chi connectivity index (χ3v) is 2.47. The van der Waals surface area contributed by atoms with Crippen molar-refractivity contribution in [2.75, 3.05) is 12.4 Å². The molecular formula is C15H23NO4. The van der Waals surface area contributed by atoms with Gasteiger partial charge in [0.05, 0.1) is 18.9 Å². The number of ether oxygens (including phenoxy) is 2. The van der Waals surface area contributed by atoms with Crippen LogP contribution in [-0.2, 0) is 11.2 Å². The van der Waals surface area contributed by atoms with Gasteiger partial charge in [-0.25, -0.2) is 4.79 Å². The molecule has 0 saturated carbocycles. The molecule has 0 aliphatic rings. The quantitative estimate of drug-likeness (QED) is 0.890. The fraction of sp³-hybridized carbons (Fsp3) is 0.533. The lowest BCUT2D eigenvalue weighted by Gasteiger charge is -2.21. The lowest BCUT2D eigenvalue weighted by Crippen LogP contribution is -2.27. The molecule has 0 radical (unpaired) electrons. The zero-order valence-electron chi connectivity index (χ0n) is 12.7. The minimum atomic E-state index is -0.562. The van der Waals surface area contributed by atoms with Gasteiger partial charge in [-0.2, -0.15) is 0 Å². The van der Waals surface area contributed by atoms with Crippen LogP contribution in [0.15, 0.2) is 18.2 Å². The van der Waals surface area contributed by atoms with Crippen LogP contribution in [-0.4, -0.2) is 30.0 Å². The number of anilines is 1. The molecule has 0 bridgehead atoms. The molecule has 1 aromatic rings. The van der Waals surface area contributed by atoms with Crippen molar-refractivity contribution in [1.82, 2.24) is 0 Å². The predicted molar refractivity (Wildman–Crippen MR) is 78.2 cm³/mol. The number of aliphatic hydroxyl groups excluding tert-OH is 1. The van der Waals surface area contributed by atoms with Gasteiger partial charge in [0.25, 0.3) is 0 Å². The number of aliphatic hydroxyl groups is 1. The second-order valence-electron chi connectivity index (χ2n) is 5.70. The third-order valence-electron chi connectivity index (χ3n) is 2.47. The minimum absolute atomic E-state index is 0.440. The number of amides is 1. The number of methoxy groups -OCH3 is 1. The van der Waals surface area contributed by atoms with Gasteiger partial charge in [0.15, 0.2) is 0 Å². The summed E-state index contributed by atoms with van der Waals surface area (Å²) in [5.41, 5.74) is 0.846. The standard InChI is InChI=1S/C15H23NO4/c1-10(17)8-11-6-7-12(19-5)9-13(11)16-14(18)20-15(2,3)4/h6-7,9-10,17H,8H2,1-5H3,(H,16,18). The Morgan fingerprint density at radius 3 is 2.55 bits per heavy atom. The smallest absolute Gasteiger partial charge is 0.412 e. The summed E-state index contributed by atoms with van der Waals surface area (Å²) in [7, 11) is 1.56. The number of nitrogens with one attached hydrogen (secondary N) is 1. The maximum Gasteiger partial charge on any atom is 0.412 e. The SMILES string of the molecule is COc1ccc(CC(C)O)c(NC(=O)OC(C)(C)C)c1. The van der Waals surface area contributed by atoms with Gasteiger partial charge in [0.1, 0.15) is 11.4 Å². The molecule has 0 aliphatic carbocycles. The molecule has 0 aliphatic heterocycles. The third kappa shape index (κ3) is 5.48. The van der Waals surface area contributed by atoms with Gasteiger partial charge in [0, 0.05) is 12.5 Å². The van der Waals surface area contributed by atoms with Crippen molar-refractivity contribution in [2.24, 2.45) is 0 Å². The van der Waals surface area contributed by atoms with Gasteiger partial charge in [-0.05, 0) is 39.3 Å². The van der Waals surface area contributed by atoms with Crippen LogP contribution in [0.3, 0.4) is 0 Å². The summed E-state index contributed by atoms with van der Waals surface area (Å²) in [5.74, 6) is 0.630. The Balaban J connectivity index is 2.92. The first-order valence-electron chi connectivity index (χ1n) is 6.56. The van der Waals surface area contributed by atoms with Gasteiger partial charge >= 0.3 is 6.09 Å². The predicted octanol–water partition coefficient (Wildman–Crippen LogP) is 2.97. The van der Waals surface area contributed by atoms with Gasteiger partial charge in [-0.15, -0.1) is 0 Å². The highest BCUT2D eigenvalue weighted by atomic mass is 16.6. The molecule has 20 heavy (non-hydrogen) atoms. The first-order valence-corrected chi connectivity index (χ1v) is 6.56. The lowest BCUT2D eigenvalue weighted by atomic mass is 10.1. The largest absolute Gasteiger partial charge is 0.497 e. The molecule has 1 unspecified atom stereocenters. The van der Waals surface area contributed by atoms with E-state index in [4.69, 9.17) is 9.47 Å². The van der Waals surface area contributed by atoms with E-state index >= 15 is 0 Å². The molecule has 0 fully saturated rings. The van der Waals surface area contributed by atoms with Crippen LogP contribution in [0, 0.1) is 0 Å². The summed E-state index contributed by atoms with van der Waals surface area (Å²) < 4.78 is 10.4. The number of carbonyl (C=O) groups excluding carboxylic acids is 1. The van der Waals surface area contributed by atoms with Crippen molar-refractivity contribution < 1.29 is 19.4 Å². The van der Waals surface area contributed by atoms with Crippen molar-refractivity contribution >= 4 is 11.8 Å². The maximum atomic E-state index is 11.8. The summed E-state index contributed by atoms with van der Waals surface area (Å²) in [6.45, 7) is 7.10. The average Bonchev–Trinajstić information content (AvgIpc) is 2.28. The maximum absolute atomic E-state index is 11.8. The number of carbonyl (C=O) groups is 1. The molecule has 1 rings (SSSR count). The zero-order chi connectivity index (χ0) is 15.3. The lowest BCUT2D eigenvalue weighted by molar-refractivity contribution is 0.0635. The minimum Gasteiger partial charge on any atom is -0.497 e. The van der Waals surface area contributed by atoms with Gasteiger partial charge in [-0.3, -0.25) is 5.32 Å². The molecule has 0 heterocycles. The van der Waals surface area contributed by atoms with E-state index in [1.807, 2.05) is 6.07 Å². The van der Waals surface area contributed by atoms with E-state index < -0.39 is 17.8 Å². The fourth-order valence-corrected chi connectivity index (χ4v) is 1.71. The Morgan fingerprint density at radius 2 is 2.05 bits per heavy atom. The molecule has 1 aromatic carbocycles. The number of rotatable bonds is 4. The second-order valence-corrected chi connectivity index (χ2v) is 5.70. The molecule has 1 amide bonds. The van der Waals surface area contributed by atoms with Crippen LogP contribution in [0.2, 0.25) is 0 Å². The van der Waals surface area contributed by atoms with E-state index in [1.165, 1.54) is 0 Å². The summed E-state index contributed by atoms with van der Waals surface area (Å²) in [5, 5.41) is 12.2. The molecule has 2 N–H and O–H groups in total. The number of hydrogen-bond acceptors (Lipinski definition) is 4. The van der Waals surface area contributed by atoms with Crippen molar-refractivity contribution in [3.63, 3.8) is 0 Å². The Morgan fingerprint density at radius 1 is 1.40 bits per heavy atom. The molecule has 112 valence electrons. The van der Waals surface area contributed by atoms with E-state index in [0.29, 0.717) is 17.9 Å². The van der Waals surface area contributed by atoms with E-state index in [0.717, 1.165) is 5.56 Å². The average molecular weight is 281 g/mol. The first-order chi connectivity index (χ1) is 9.21. The summed E-state index contributed by atoms with van der Waals surface area (Å²) in [6, 6.07) is 5.32. The number of benzene rings is 1. The molecule has 0 saturated heterocycles. The van der Waals surface area contributed by atoms with E-state index in [1.54, 1.807) is 46.9 Å². The molecule has 1 atom stereocenters. The molecule has 5 heteroatoms. The van der Waals surface area contributed by atoms with Gasteiger partial charge < -0.3 is 14.6 Å². The van der Waals surface area contributed by atoms with Crippen molar-refractivity contribution in [1.29, 1.82) is 0 Å². The Kier molecular flexibility index (Phi) is 5.39. The van der Waals surface area contributed by atoms with Crippen LogP contribution < -0.4 is 10.1 Å². The molecular weight excluding hydrogens is 258 g/mol. The van der Waals surface area contributed by atoms with E-state index in [2.05, 4.69) is 5.32 Å². The molecule has 0 aromatic heterocycles. The number of hydrogen-bond donors (Lipinski definition) is 2. The Hall–Kier alpha value is -1.75. The summed E-state index contributed by atoms with van der Waals surface area (Å²) in [6.07, 6.45) is -0.588. The van der Waals surface area contributed by atoms with Crippen molar-refractivity contribution in [3.8, 4) is 5.75 Å².